The minimum Gasteiger partial charge on any atom is -0.370 e. The lowest BCUT2D eigenvalue weighted by Crippen LogP contribution is -2.14. The molecule has 0 aromatic heterocycles. The summed E-state index contributed by atoms with van der Waals surface area (Å²) in [6.45, 7) is 0. The smallest absolute Gasteiger partial charge is 0.255 e. The van der Waals surface area contributed by atoms with Crippen LogP contribution in [0.1, 0.15) is 10.4 Å². The Balaban J connectivity index is 1.66. The number of amides is 1. The molecule has 0 unspecified atom stereocenters. The topological polar surface area (TPSA) is 59.6 Å². The average Bonchev–Trinajstić information content (AvgIpc) is 3.02. The van der Waals surface area contributed by atoms with Gasteiger partial charge in [-0.15, -0.1) is 0 Å². The third-order valence-electron chi connectivity index (χ3n) is 3.55. The summed E-state index contributed by atoms with van der Waals surface area (Å²) in [7, 11) is 0. The van der Waals surface area contributed by atoms with Crippen molar-refractivity contribution in [3.63, 3.8) is 0 Å². The Bertz CT molecular complexity index is 871. The molecule has 3 aromatic carbocycles. The van der Waals surface area contributed by atoms with Crippen molar-refractivity contribution < 1.29 is 14.5 Å². The van der Waals surface area contributed by atoms with Crippen LogP contribution in [0.25, 0.3) is 10.8 Å². The van der Waals surface area contributed by atoms with E-state index >= 15 is 0 Å². The standard InChI is InChI=1S/C17H12N2O3/c20-17(12-8-9-15-16(10-12)22-19-21-15)18-14-7-3-5-11-4-1-2-6-13(11)14/h1-10,19H,(H,18,20). The SMILES string of the molecule is O=C(Nc1cccc2ccccc12)c1ccc2c(c1)ONO2. The molecule has 0 fully saturated rings. The van der Waals surface area contributed by atoms with Crippen LogP contribution in [0.15, 0.2) is 60.7 Å². The molecule has 0 aliphatic carbocycles. The van der Waals surface area contributed by atoms with Crippen LogP contribution in [0.4, 0.5) is 5.69 Å². The Hall–Kier alpha value is -3.05. The summed E-state index contributed by atoms with van der Waals surface area (Å²) in [6.07, 6.45) is 0. The minimum absolute atomic E-state index is 0.199. The minimum atomic E-state index is -0.199. The fourth-order valence-corrected chi connectivity index (χ4v) is 2.45. The summed E-state index contributed by atoms with van der Waals surface area (Å²) >= 11 is 0. The van der Waals surface area contributed by atoms with E-state index in [2.05, 4.69) is 11.0 Å². The maximum absolute atomic E-state index is 12.4. The second-order valence-electron chi connectivity index (χ2n) is 4.93. The van der Waals surface area contributed by atoms with Crippen molar-refractivity contribution in [3.8, 4) is 11.5 Å². The first-order valence-corrected chi connectivity index (χ1v) is 6.83. The van der Waals surface area contributed by atoms with Gasteiger partial charge in [-0.05, 0) is 29.7 Å². The molecule has 22 heavy (non-hydrogen) atoms. The van der Waals surface area contributed by atoms with Crippen LogP contribution in [0.2, 0.25) is 0 Å². The zero-order valence-corrected chi connectivity index (χ0v) is 11.5. The first-order valence-electron chi connectivity index (χ1n) is 6.83. The second kappa shape index (κ2) is 5.05. The lowest BCUT2D eigenvalue weighted by Gasteiger charge is -2.09. The molecular weight excluding hydrogens is 280 g/mol. The predicted molar refractivity (Wildman–Crippen MR) is 82.7 cm³/mol. The number of anilines is 1. The van der Waals surface area contributed by atoms with Gasteiger partial charge in [0.05, 0.1) is 0 Å². The lowest BCUT2D eigenvalue weighted by atomic mass is 10.1. The van der Waals surface area contributed by atoms with E-state index in [4.69, 9.17) is 9.68 Å². The highest BCUT2D eigenvalue weighted by atomic mass is 16.9. The molecule has 0 spiro atoms. The molecule has 108 valence electrons. The van der Waals surface area contributed by atoms with E-state index in [0.717, 1.165) is 16.5 Å². The van der Waals surface area contributed by atoms with Crippen LogP contribution in [0, 0.1) is 0 Å². The maximum atomic E-state index is 12.4. The Morgan fingerprint density at radius 1 is 0.909 bits per heavy atom. The van der Waals surface area contributed by atoms with E-state index in [1.807, 2.05) is 42.5 Å². The van der Waals surface area contributed by atoms with Crippen molar-refractivity contribution in [2.24, 2.45) is 0 Å². The van der Waals surface area contributed by atoms with Gasteiger partial charge in [-0.2, -0.15) is 0 Å². The van der Waals surface area contributed by atoms with E-state index in [1.54, 1.807) is 18.2 Å². The normalized spacial score (nSPS) is 12.4. The Kier molecular flexibility index (Phi) is 2.91. The van der Waals surface area contributed by atoms with Crippen molar-refractivity contribution in [2.45, 2.75) is 0 Å². The predicted octanol–water partition coefficient (Wildman–Crippen LogP) is 3.28. The summed E-state index contributed by atoms with van der Waals surface area (Å²) in [5.41, 5.74) is 3.57. The fraction of sp³-hybridized carbons (Fsp3) is 0. The Labute approximate surface area is 126 Å². The molecule has 0 atom stereocenters. The summed E-state index contributed by atoms with van der Waals surface area (Å²) in [5, 5.41) is 5.02. The number of carbonyl (C=O) groups is 1. The highest BCUT2D eigenvalue weighted by molar-refractivity contribution is 6.09. The number of hydrogen-bond donors (Lipinski definition) is 2. The first-order chi connectivity index (χ1) is 10.8. The Morgan fingerprint density at radius 2 is 1.73 bits per heavy atom. The largest absolute Gasteiger partial charge is 0.370 e. The molecule has 0 saturated carbocycles. The molecule has 0 saturated heterocycles. The molecule has 5 nitrogen and oxygen atoms in total. The molecule has 2 N–H and O–H groups in total. The van der Waals surface area contributed by atoms with Gasteiger partial charge >= 0.3 is 0 Å². The van der Waals surface area contributed by atoms with Crippen molar-refractivity contribution in [1.82, 2.24) is 5.64 Å². The Morgan fingerprint density at radius 3 is 2.68 bits per heavy atom. The zero-order valence-electron chi connectivity index (χ0n) is 11.5. The van der Waals surface area contributed by atoms with Crippen molar-refractivity contribution in [3.05, 3.63) is 66.2 Å². The van der Waals surface area contributed by atoms with Crippen molar-refractivity contribution >= 4 is 22.4 Å². The van der Waals surface area contributed by atoms with Crippen LogP contribution in [0.5, 0.6) is 11.5 Å². The van der Waals surface area contributed by atoms with E-state index in [0.29, 0.717) is 17.1 Å². The molecule has 0 radical (unpaired) electrons. The van der Waals surface area contributed by atoms with E-state index in [-0.39, 0.29) is 5.91 Å². The van der Waals surface area contributed by atoms with Gasteiger partial charge in [0.15, 0.2) is 11.5 Å². The van der Waals surface area contributed by atoms with Gasteiger partial charge in [-0.1, -0.05) is 36.4 Å². The van der Waals surface area contributed by atoms with E-state index in [9.17, 15) is 4.79 Å². The highest BCUT2D eigenvalue weighted by Gasteiger charge is 2.17. The molecule has 0 bridgehead atoms. The van der Waals surface area contributed by atoms with Gasteiger partial charge in [0.25, 0.3) is 5.91 Å². The molecule has 1 heterocycles. The molecule has 3 aromatic rings. The van der Waals surface area contributed by atoms with E-state index in [1.165, 1.54) is 0 Å². The number of hydrogen-bond acceptors (Lipinski definition) is 4. The van der Waals surface area contributed by atoms with Gasteiger partial charge in [-0.3, -0.25) is 4.79 Å². The highest BCUT2D eigenvalue weighted by Crippen LogP contribution is 2.31. The summed E-state index contributed by atoms with van der Waals surface area (Å²) < 4.78 is 0. The van der Waals surface area contributed by atoms with Crippen LogP contribution in [0.3, 0.4) is 0 Å². The maximum Gasteiger partial charge on any atom is 0.255 e. The molecule has 1 aliphatic heterocycles. The zero-order chi connectivity index (χ0) is 14.9. The van der Waals surface area contributed by atoms with E-state index < -0.39 is 0 Å². The van der Waals surface area contributed by atoms with Crippen LogP contribution >= 0.6 is 0 Å². The van der Waals surface area contributed by atoms with Gasteiger partial charge < -0.3 is 15.0 Å². The second-order valence-corrected chi connectivity index (χ2v) is 4.93. The average molecular weight is 292 g/mol. The molecule has 1 aliphatic rings. The monoisotopic (exact) mass is 292 g/mol. The quantitative estimate of drug-likeness (QED) is 0.761. The molecule has 1 amide bonds. The molecule has 4 rings (SSSR count). The number of fused-ring (bicyclic) bond motifs is 2. The lowest BCUT2D eigenvalue weighted by molar-refractivity contribution is 0.0259. The third-order valence-corrected chi connectivity index (χ3v) is 3.55. The van der Waals surface area contributed by atoms with Crippen LogP contribution in [-0.4, -0.2) is 5.91 Å². The van der Waals surface area contributed by atoms with Crippen LogP contribution < -0.4 is 20.6 Å². The van der Waals surface area contributed by atoms with Crippen molar-refractivity contribution in [1.29, 1.82) is 0 Å². The molecule has 5 heteroatoms. The summed E-state index contributed by atoms with van der Waals surface area (Å²) in [5.74, 6) is 0.849. The number of nitrogens with one attached hydrogen (secondary N) is 2. The number of benzene rings is 3. The summed E-state index contributed by atoms with van der Waals surface area (Å²) in [4.78, 5) is 22.5. The third kappa shape index (κ3) is 2.13. The first kappa shape index (κ1) is 12.7. The van der Waals surface area contributed by atoms with Crippen molar-refractivity contribution in [2.75, 3.05) is 5.32 Å². The number of carbonyl (C=O) groups excluding carboxylic acids is 1. The summed E-state index contributed by atoms with van der Waals surface area (Å²) in [6, 6.07) is 18.7. The van der Waals surface area contributed by atoms with Gasteiger partial charge in [0, 0.05) is 22.3 Å². The van der Waals surface area contributed by atoms with Gasteiger partial charge in [0.1, 0.15) is 0 Å². The van der Waals surface area contributed by atoms with Crippen LogP contribution in [-0.2, 0) is 0 Å². The van der Waals surface area contributed by atoms with Gasteiger partial charge in [0.2, 0.25) is 0 Å². The number of rotatable bonds is 2. The molecular formula is C17H12N2O3. The van der Waals surface area contributed by atoms with Gasteiger partial charge in [-0.25, -0.2) is 0 Å². The fourth-order valence-electron chi connectivity index (χ4n) is 2.45.